The van der Waals surface area contributed by atoms with E-state index in [1.807, 2.05) is 30.3 Å². The van der Waals surface area contributed by atoms with E-state index in [0.29, 0.717) is 15.6 Å². The Bertz CT molecular complexity index is 1090. The predicted molar refractivity (Wildman–Crippen MR) is 101 cm³/mol. The molecule has 0 fully saturated rings. The number of benzene rings is 2. The van der Waals surface area contributed by atoms with Crippen molar-refractivity contribution in [2.24, 2.45) is 0 Å². The number of thiophene rings is 1. The lowest BCUT2D eigenvalue weighted by atomic mass is 10.1. The Kier molecular flexibility index (Phi) is 3.71. The van der Waals surface area contributed by atoms with Crippen LogP contribution in [-0.2, 0) is 0 Å². The van der Waals surface area contributed by atoms with Gasteiger partial charge < -0.3 is 5.32 Å². The number of carbonyl (C=O) groups excluding carboxylic acids is 1. The minimum atomic E-state index is -0.175. The molecule has 0 unspecified atom stereocenters. The van der Waals surface area contributed by atoms with Crippen molar-refractivity contribution in [3.05, 3.63) is 70.1 Å². The summed E-state index contributed by atoms with van der Waals surface area (Å²) in [5.41, 5.74) is 2.74. The summed E-state index contributed by atoms with van der Waals surface area (Å²) in [5, 5.41) is 5.43. The molecule has 5 heteroatoms. The fourth-order valence-corrected chi connectivity index (χ4v) is 3.71. The average Bonchev–Trinajstić information content (AvgIpc) is 2.97. The van der Waals surface area contributed by atoms with E-state index >= 15 is 0 Å². The third-order valence-corrected chi connectivity index (χ3v) is 5.18. The van der Waals surface area contributed by atoms with Crippen LogP contribution in [0.25, 0.3) is 21.1 Å². The van der Waals surface area contributed by atoms with E-state index in [0.717, 1.165) is 21.1 Å². The van der Waals surface area contributed by atoms with Gasteiger partial charge in [-0.2, -0.15) is 0 Å². The molecule has 2 heterocycles. The van der Waals surface area contributed by atoms with Crippen molar-refractivity contribution in [1.29, 1.82) is 0 Å². The topological polar surface area (TPSA) is 42.0 Å². The van der Waals surface area contributed by atoms with Crippen molar-refractivity contribution < 1.29 is 4.79 Å². The van der Waals surface area contributed by atoms with E-state index in [-0.39, 0.29) is 5.91 Å². The van der Waals surface area contributed by atoms with Gasteiger partial charge in [0.05, 0.1) is 21.1 Å². The molecule has 1 amide bonds. The van der Waals surface area contributed by atoms with Crippen molar-refractivity contribution in [2.45, 2.75) is 6.92 Å². The van der Waals surface area contributed by atoms with Gasteiger partial charge in [-0.3, -0.25) is 4.79 Å². The van der Waals surface area contributed by atoms with Crippen LogP contribution in [-0.4, -0.2) is 10.9 Å². The van der Waals surface area contributed by atoms with E-state index in [4.69, 9.17) is 11.6 Å². The number of rotatable bonds is 2. The number of halogens is 1. The molecule has 0 spiro atoms. The largest absolute Gasteiger partial charge is 0.320 e. The molecule has 0 aliphatic heterocycles. The lowest BCUT2D eigenvalue weighted by Crippen LogP contribution is -2.10. The van der Waals surface area contributed by atoms with Crippen LogP contribution in [0.3, 0.4) is 0 Å². The van der Waals surface area contributed by atoms with E-state index in [2.05, 4.69) is 29.4 Å². The fraction of sp³-hybridized carbons (Fsp3) is 0.0526. The molecule has 0 radical (unpaired) electrons. The summed E-state index contributed by atoms with van der Waals surface area (Å²) in [4.78, 5) is 18.6. The third kappa shape index (κ3) is 2.75. The molecule has 0 saturated carbocycles. The Morgan fingerprint density at radius 1 is 1.08 bits per heavy atom. The van der Waals surface area contributed by atoms with E-state index in [1.54, 1.807) is 12.1 Å². The number of para-hydroxylation sites is 1. The zero-order valence-electron chi connectivity index (χ0n) is 12.8. The second kappa shape index (κ2) is 5.89. The standard InChI is InChI=1S/C19H13ClN2OS/c1-11-6-7-15-12(8-11)9-13-10-17(24-19(13)22-15)18(23)21-16-5-3-2-4-14(16)20/h2-10H,1H3,(H,21,23). The van der Waals surface area contributed by atoms with E-state index in [1.165, 1.54) is 16.9 Å². The van der Waals surface area contributed by atoms with Gasteiger partial charge in [0.15, 0.2) is 0 Å². The molecule has 0 aliphatic rings. The summed E-state index contributed by atoms with van der Waals surface area (Å²) in [6.45, 7) is 2.06. The van der Waals surface area contributed by atoms with Crippen LogP contribution in [0, 0.1) is 6.92 Å². The van der Waals surface area contributed by atoms with Crippen LogP contribution in [0.2, 0.25) is 5.02 Å². The third-order valence-electron chi connectivity index (χ3n) is 3.80. The Hall–Kier alpha value is -2.43. The van der Waals surface area contributed by atoms with Crippen molar-refractivity contribution in [3.8, 4) is 0 Å². The maximum absolute atomic E-state index is 12.5. The molecule has 4 aromatic rings. The highest BCUT2D eigenvalue weighted by Crippen LogP contribution is 2.29. The van der Waals surface area contributed by atoms with Gasteiger partial charge in [0.1, 0.15) is 4.83 Å². The zero-order chi connectivity index (χ0) is 16.7. The number of anilines is 1. The highest BCUT2D eigenvalue weighted by atomic mass is 35.5. The SMILES string of the molecule is Cc1ccc2nc3sc(C(=O)Nc4ccccc4Cl)cc3cc2c1. The minimum absolute atomic E-state index is 0.175. The Balaban J connectivity index is 1.73. The first-order chi connectivity index (χ1) is 11.6. The maximum atomic E-state index is 12.5. The van der Waals surface area contributed by atoms with Gasteiger partial charge in [-0.15, -0.1) is 11.3 Å². The Morgan fingerprint density at radius 2 is 1.92 bits per heavy atom. The molecule has 4 rings (SSSR count). The molecule has 24 heavy (non-hydrogen) atoms. The van der Waals surface area contributed by atoms with E-state index < -0.39 is 0 Å². The van der Waals surface area contributed by atoms with Crippen LogP contribution in [0.5, 0.6) is 0 Å². The van der Waals surface area contributed by atoms with Gasteiger partial charge in [0.2, 0.25) is 0 Å². The average molecular weight is 353 g/mol. The molecule has 0 aliphatic carbocycles. The normalized spacial score (nSPS) is 11.1. The number of aromatic nitrogens is 1. The van der Waals surface area contributed by atoms with Gasteiger partial charge in [0, 0.05) is 10.8 Å². The zero-order valence-corrected chi connectivity index (χ0v) is 14.4. The number of amides is 1. The molecule has 0 atom stereocenters. The van der Waals surface area contributed by atoms with Gasteiger partial charge in [-0.05, 0) is 43.3 Å². The lowest BCUT2D eigenvalue weighted by molar-refractivity contribution is 0.103. The fourth-order valence-electron chi connectivity index (χ4n) is 2.61. The van der Waals surface area contributed by atoms with E-state index in [9.17, 15) is 4.79 Å². The predicted octanol–water partition coefficient (Wildman–Crippen LogP) is 5.66. The number of nitrogens with zero attached hydrogens (tertiary/aromatic N) is 1. The molecule has 0 bridgehead atoms. The summed E-state index contributed by atoms with van der Waals surface area (Å²) >= 11 is 7.48. The van der Waals surface area contributed by atoms with Crippen molar-refractivity contribution in [1.82, 2.24) is 4.98 Å². The first-order valence-corrected chi connectivity index (χ1v) is 8.66. The molecule has 3 nitrogen and oxygen atoms in total. The van der Waals surface area contributed by atoms with Crippen LogP contribution < -0.4 is 5.32 Å². The molecule has 2 aromatic carbocycles. The number of nitrogens with one attached hydrogen (secondary N) is 1. The molecule has 2 aromatic heterocycles. The Labute approximate surface area is 147 Å². The second-order valence-electron chi connectivity index (χ2n) is 5.62. The second-order valence-corrected chi connectivity index (χ2v) is 7.06. The summed E-state index contributed by atoms with van der Waals surface area (Å²) in [6.07, 6.45) is 0. The first kappa shape index (κ1) is 15.1. The number of hydrogen-bond donors (Lipinski definition) is 1. The number of aryl methyl sites for hydroxylation is 1. The van der Waals surface area contributed by atoms with Gasteiger partial charge in [-0.25, -0.2) is 4.98 Å². The van der Waals surface area contributed by atoms with Crippen LogP contribution >= 0.6 is 22.9 Å². The molecule has 0 saturated heterocycles. The Morgan fingerprint density at radius 3 is 2.75 bits per heavy atom. The van der Waals surface area contributed by atoms with Crippen molar-refractivity contribution in [3.63, 3.8) is 0 Å². The maximum Gasteiger partial charge on any atom is 0.265 e. The number of hydrogen-bond acceptors (Lipinski definition) is 3. The van der Waals surface area contributed by atoms with Gasteiger partial charge in [-0.1, -0.05) is 35.4 Å². The molecular formula is C19H13ClN2OS. The van der Waals surface area contributed by atoms with Crippen LogP contribution in [0.1, 0.15) is 15.2 Å². The lowest BCUT2D eigenvalue weighted by Gasteiger charge is -2.04. The summed E-state index contributed by atoms with van der Waals surface area (Å²) in [7, 11) is 0. The minimum Gasteiger partial charge on any atom is -0.320 e. The first-order valence-electron chi connectivity index (χ1n) is 7.47. The summed E-state index contributed by atoms with van der Waals surface area (Å²) < 4.78 is 0. The monoisotopic (exact) mass is 352 g/mol. The molecule has 1 N–H and O–H groups in total. The number of fused-ring (bicyclic) bond motifs is 2. The highest BCUT2D eigenvalue weighted by Gasteiger charge is 2.13. The van der Waals surface area contributed by atoms with Gasteiger partial charge >= 0.3 is 0 Å². The smallest absolute Gasteiger partial charge is 0.265 e. The highest BCUT2D eigenvalue weighted by molar-refractivity contribution is 7.20. The molecular weight excluding hydrogens is 340 g/mol. The number of pyridine rings is 1. The summed E-state index contributed by atoms with van der Waals surface area (Å²) in [5.74, 6) is -0.175. The van der Waals surface area contributed by atoms with Crippen molar-refractivity contribution in [2.75, 3.05) is 5.32 Å². The van der Waals surface area contributed by atoms with Crippen LogP contribution in [0.4, 0.5) is 5.69 Å². The quantitative estimate of drug-likeness (QED) is 0.505. The number of carbonyl (C=O) groups is 1. The van der Waals surface area contributed by atoms with Gasteiger partial charge in [0.25, 0.3) is 5.91 Å². The molecule has 118 valence electrons. The summed E-state index contributed by atoms with van der Waals surface area (Å²) in [6, 6.07) is 17.3. The van der Waals surface area contributed by atoms with Crippen molar-refractivity contribution >= 4 is 55.7 Å². The van der Waals surface area contributed by atoms with Crippen LogP contribution in [0.15, 0.2) is 54.6 Å².